The quantitative estimate of drug-likeness (QED) is 0.604. The highest BCUT2D eigenvalue weighted by Gasteiger charge is 1.98. The summed E-state index contributed by atoms with van der Waals surface area (Å²) in [5.41, 5.74) is 7.90. The fourth-order valence-corrected chi connectivity index (χ4v) is 2.59. The molecule has 1 aromatic carbocycles. The van der Waals surface area contributed by atoms with Gasteiger partial charge in [-0.05, 0) is 48.8 Å². The minimum Gasteiger partial charge on any atom is -0.399 e. The second-order valence-corrected chi connectivity index (χ2v) is 5.28. The lowest BCUT2D eigenvalue weighted by atomic mass is 10.2. The molecule has 0 unspecified atom stereocenters. The number of rotatable bonds is 4. The first-order valence-electron chi connectivity index (χ1n) is 5.08. The van der Waals surface area contributed by atoms with E-state index in [0.29, 0.717) is 0 Å². The molecule has 0 radical (unpaired) electrons. The van der Waals surface area contributed by atoms with Gasteiger partial charge in [-0.1, -0.05) is 13.8 Å². The Kier molecular flexibility index (Phi) is 4.33. The van der Waals surface area contributed by atoms with Crippen LogP contribution in [0.4, 0.5) is 5.69 Å². The number of nitrogen functional groups attached to an aromatic ring is 1. The number of aryl methyl sites for hydroxylation is 1. The Morgan fingerprint density at radius 2 is 2.00 bits per heavy atom. The van der Waals surface area contributed by atoms with Gasteiger partial charge < -0.3 is 5.73 Å². The van der Waals surface area contributed by atoms with Crippen molar-refractivity contribution in [2.75, 3.05) is 11.5 Å². The Balaban J connectivity index is 2.50. The van der Waals surface area contributed by atoms with E-state index in [0.717, 1.165) is 11.6 Å². The van der Waals surface area contributed by atoms with Gasteiger partial charge in [0, 0.05) is 10.6 Å². The predicted molar refractivity (Wildman–Crippen MR) is 65.8 cm³/mol. The Morgan fingerprint density at radius 1 is 1.29 bits per heavy atom. The summed E-state index contributed by atoms with van der Waals surface area (Å²) in [4.78, 5) is 1.29. The molecular formula is C12H19NS. The second-order valence-electron chi connectivity index (χ2n) is 4.11. The van der Waals surface area contributed by atoms with Crippen molar-refractivity contribution in [2.45, 2.75) is 32.1 Å². The van der Waals surface area contributed by atoms with E-state index in [-0.39, 0.29) is 0 Å². The summed E-state index contributed by atoms with van der Waals surface area (Å²) >= 11 is 1.90. The number of nitrogens with two attached hydrogens (primary N) is 1. The third-order valence-electron chi connectivity index (χ3n) is 2.04. The lowest BCUT2D eigenvalue weighted by Gasteiger charge is -2.06. The van der Waals surface area contributed by atoms with Crippen LogP contribution in [0.25, 0.3) is 0 Å². The lowest BCUT2D eigenvalue weighted by Crippen LogP contribution is -1.91. The first-order chi connectivity index (χ1) is 6.58. The van der Waals surface area contributed by atoms with Crippen molar-refractivity contribution in [3.63, 3.8) is 0 Å². The highest BCUT2D eigenvalue weighted by Crippen LogP contribution is 2.23. The first kappa shape index (κ1) is 11.4. The number of hydrogen-bond donors (Lipinski definition) is 1. The molecule has 2 heteroatoms. The van der Waals surface area contributed by atoms with Gasteiger partial charge in [0.1, 0.15) is 0 Å². The van der Waals surface area contributed by atoms with Gasteiger partial charge in [-0.3, -0.25) is 0 Å². The van der Waals surface area contributed by atoms with Gasteiger partial charge >= 0.3 is 0 Å². The van der Waals surface area contributed by atoms with Crippen LogP contribution in [0.3, 0.4) is 0 Å². The highest BCUT2D eigenvalue weighted by atomic mass is 32.2. The molecule has 0 fully saturated rings. The molecule has 2 N–H and O–H groups in total. The van der Waals surface area contributed by atoms with Crippen LogP contribution < -0.4 is 5.73 Å². The Hall–Kier alpha value is -0.630. The normalized spacial score (nSPS) is 10.9. The third-order valence-corrected chi connectivity index (χ3v) is 3.05. The van der Waals surface area contributed by atoms with Crippen LogP contribution >= 0.6 is 11.8 Å². The standard InChI is InChI=1S/C12H19NS/c1-9(2)4-5-14-12-7-10(3)6-11(13)8-12/h6-9H,4-5,13H2,1-3H3. The van der Waals surface area contributed by atoms with Gasteiger partial charge in [-0.25, -0.2) is 0 Å². The van der Waals surface area contributed by atoms with E-state index >= 15 is 0 Å². The van der Waals surface area contributed by atoms with Crippen LogP contribution in [0.15, 0.2) is 23.1 Å². The number of thioether (sulfide) groups is 1. The largest absolute Gasteiger partial charge is 0.399 e. The smallest absolute Gasteiger partial charge is 0.0327 e. The van der Waals surface area contributed by atoms with Gasteiger partial charge in [0.05, 0.1) is 0 Å². The molecule has 78 valence electrons. The molecule has 0 bridgehead atoms. The minimum absolute atomic E-state index is 0.782. The fourth-order valence-electron chi connectivity index (χ4n) is 1.27. The molecule has 0 heterocycles. The van der Waals surface area contributed by atoms with Gasteiger partial charge in [0.25, 0.3) is 0 Å². The maximum absolute atomic E-state index is 5.78. The summed E-state index contributed by atoms with van der Waals surface area (Å²) in [6.45, 7) is 6.60. The number of hydrogen-bond acceptors (Lipinski definition) is 2. The van der Waals surface area contributed by atoms with Crippen LogP contribution in [0, 0.1) is 12.8 Å². The predicted octanol–water partition coefficient (Wildman–Crippen LogP) is 3.72. The molecule has 0 atom stereocenters. The molecule has 0 aliphatic carbocycles. The number of anilines is 1. The van der Waals surface area contributed by atoms with Crippen LogP contribution in [-0.2, 0) is 0 Å². The van der Waals surface area contributed by atoms with E-state index < -0.39 is 0 Å². The van der Waals surface area contributed by atoms with Crippen LogP contribution in [-0.4, -0.2) is 5.75 Å². The Morgan fingerprint density at radius 3 is 2.57 bits per heavy atom. The van der Waals surface area contributed by atoms with Crippen molar-refractivity contribution < 1.29 is 0 Å². The Bertz CT molecular complexity index is 274. The van der Waals surface area contributed by atoms with Gasteiger partial charge in [0.15, 0.2) is 0 Å². The van der Waals surface area contributed by atoms with E-state index in [1.54, 1.807) is 0 Å². The SMILES string of the molecule is Cc1cc(N)cc(SCCC(C)C)c1. The fraction of sp³-hybridized carbons (Fsp3) is 0.500. The van der Waals surface area contributed by atoms with E-state index in [2.05, 4.69) is 32.9 Å². The average Bonchev–Trinajstić information content (AvgIpc) is 2.01. The molecule has 0 aromatic heterocycles. The summed E-state index contributed by atoms with van der Waals surface area (Å²) in [5, 5.41) is 0. The number of benzene rings is 1. The van der Waals surface area contributed by atoms with Crippen molar-refractivity contribution in [1.29, 1.82) is 0 Å². The van der Waals surface area contributed by atoms with Crippen molar-refractivity contribution >= 4 is 17.4 Å². The highest BCUT2D eigenvalue weighted by molar-refractivity contribution is 7.99. The molecule has 0 aliphatic rings. The molecule has 14 heavy (non-hydrogen) atoms. The zero-order valence-corrected chi connectivity index (χ0v) is 10.0. The van der Waals surface area contributed by atoms with Crippen LogP contribution in [0.1, 0.15) is 25.8 Å². The van der Waals surface area contributed by atoms with E-state index in [1.165, 1.54) is 22.6 Å². The van der Waals surface area contributed by atoms with Crippen molar-refractivity contribution in [2.24, 2.45) is 5.92 Å². The molecule has 0 saturated heterocycles. The van der Waals surface area contributed by atoms with E-state index in [4.69, 9.17) is 5.73 Å². The average molecular weight is 209 g/mol. The zero-order valence-electron chi connectivity index (χ0n) is 9.21. The first-order valence-corrected chi connectivity index (χ1v) is 6.06. The van der Waals surface area contributed by atoms with Crippen LogP contribution in [0.5, 0.6) is 0 Å². The van der Waals surface area contributed by atoms with E-state index in [1.807, 2.05) is 17.8 Å². The molecule has 1 rings (SSSR count). The molecule has 0 aliphatic heterocycles. The van der Waals surface area contributed by atoms with E-state index in [9.17, 15) is 0 Å². The van der Waals surface area contributed by atoms with Crippen molar-refractivity contribution in [3.05, 3.63) is 23.8 Å². The topological polar surface area (TPSA) is 26.0 Å². The molecule has 0 saturated carbocycles. The second kappa shape index (κ2) is 5.30. The summed E-state index contributed by atoms with van der Waals surface area (Å²) in [5.74, 6) is 1.96. The molecule has 0 amide bonds. The zero-order chi connectivity index (χ0) is 10.6. The monoisotopic (exact) mass is 209 g/mol. The summed E-state index contributed by atoms with van der Waals surface area (Å²) in [6.07, 6.45) is 1.26. The van der Waals surface area contributed by atoms with Crippen molar-refractivity contribution in [3.8, 4) is 0 Å². The summed E-state index contributed by atoms with van der Waals surface area (Å²) in [7, 11) is 0. The molecule has 0 spiro atoms. The molecule has 1 nitrogen and oxygen atoms in total. The molecule has 1 aromatic rings. The summed E-state index contributed by atoms with van der Waals surface area (Å²) < 4.78 is 0. The summed E-state index contributed by atoms with van der Waals surface area (Å²) in [6, 6.07) is 6.26. The maximum atomic E-state index is 5.78. The van der Waals surface area contributed by atoms with Gasteiger partial charge in [-0.2, -0.15) is 0 Å². The van der Waals surface area contributed by atoms with Gasteiger partial charge in [-0.15, -0.1) is 11.8 Å². The Labute approximate surface area is 91.1 Å². The minimum atomic E-state index is 0.782. The molecular weight excluding hydrogens is 190 g/mol. The maximum Gasteiger partial charge on any atom is 0.0327 e. The van der Waals surface area contributed by atoms with Crippen LogP contribution in [0.2, 0.25) is 0 Å². The van der Waals surface area contributed by atoms with Crippen molar-refractivity contribution in [1.82, 2.24) is 0 Å². The third kappa shape index (κ3) is 4.05. The lowest BCUT2D eigenvalue weighted by molar-refractivity contribution is 0.632. The van der Waals surface area contributed by atoms with Gasteiger partial charge in [0.2, 0.25) is 0 Å².